The quantitative estimate of drug-likeness (QED) is 0.878. The number of ether oxygens (including phenoxy) is 2. The summed E-state index contributed by atoms with van der Waals surface area (Å²) in [5.41, 5.74) is 1.57. The van der Waals surface area contributed by atoms with Crippen molar-refractivity contribution in [3.8, 4) is 11.5 Å². The summed E-state index contributed by atoms with van der Waals surface area (Å²) in [6.07, 6.45) is 0. The zero-order valence-corrected chi connectivity index (χ0v) is 14.0. The van der Waals surface area contributed by atoms with Crippen LogP contribution in [-0.2, 0) is 0 Å². The summed E-state index contributed by atoms with van der Waals surface area (Å²) < 4.78 is 23.8. The number of hydrogen-bond acceptors (Lipinski definition) is 3. The van der Waals surface area contributed by atoms with Gasteiger partial charge in [0.15, 0.2) is 0 Å². The van der Waals surface area contributed by atoms with Gasteiger partial charge in [-0.25, -0.2) is 9.18 Å². The molecule has 2 amide bonds. The number of rotatable bonds is 6. The Labute approximate surface area is 141 Å². The second-order valence-corrected chi connectivity index (χ2v) is 5.36. The number of benzene rings is 2. The van der Waals surface area contributed by atoms with Crippen LogP contribution in [0.3, 0.4) is 0 Å². The molecule has 128 valence electrons. The van der Waals surface area contributed by atoms with Gasteiger partial charge in [0.2, 0.25) is 0 Å². The van der Waals surface area contributed by atoms with Crippen molar-refractivity contribution in [3.63, 3.8) is 0 Å². The fourth-order valence-electron chi connectivity index (χ4n) is 2.02. The van der Waals surface area contributed by atoms with Gasteiger partial charge in [-0.3, -0.25) is 0 Å². The molecule has 0 aliphatic carbocycles. The molecule has 0 radical (unpaired) electrons. The molecule has 0 aromatic heterocycles. The van der Waals surface area contributed by atoms with Gasteiger partial charge in [-0.2, -0.15) is 0 Å². The predicted molar refractivity (Wildman–Crippen MR) is 91.3 cm³/mol. The Kier molecular flexibility index (Phi) is 6.01. The molecule has 0 spiro atoms. The largest absolute Gasteiger partial charge is 0.494 e. The number of nitrogens with one attached hydrogen (secondary N) is 1. The summed E-state index contributed by atoms with van der Waals surface area (Å²) in [7, 11) is 3.08. The molecule has 24 heavy (non-hydrogen) atoms. The van der Waals surface area contributed by atoms with Crippen molar-refractivity contribution in [3.05, 3.63) is 53.8 Å². The number of likely N-dealkylation sites (N-methyl/N-ethyl adjacent to an activating group) is 1. The van der Waals surface area contributed by atoms with Crippen LogP contribution >= 0.6 is 0 Å². The molecular formula is C18H21FN2O3. The van der Waals surface area contributed by atoms with Gasteiger partial charge in [-0.1, -0.05) is 17.7 Å². The molecule has 6 heteroatoms. The van der Waals surface area contributed by atoms with Crippen LogP contribution in [0.4, 0.5) is 14.9 Å². The number of anilines is 1. The van der Waals surface area contributed by atoms with Gasteiger partial charge < -0.3 is 19.7 Å². The molecule has 0 aliphatic rings. The highest BCUT2D eigenvalue weighted by Crippen LogP contribution is 2.25. The first kappa shape index (κ1) is 17.6. The van der Waals surface area contributed by atoms with E-state index in [1.165, 1.54) is 30.2 Å². The molecule has 0 atom stereocenters. The van der Waals surface area contributed by atoms with Gasteiger partial charge in [-0.15, -0.1) is 0 Å². The minimum absolute atomic E-state index is 0.271. The molecule has 0 aliphatic heterocycles. The summed E-state index contributed by atoms with van der Waals surface area (Å²) in [4.78, 5) is 13.6. The van der Waals surface area contributed by atoms with E-state index in [0.717, 1.165) is 11.3 Å². The van der Waals surface area contributed by atoms with Crippen LogP contribution in [0.2, 0.25) is 0 Å². The monoisotopic (exact) mass is 332 g/mol. The first-order valence-electron chi connectivity index (χ1n) is 7.54. The average molecular weight is 332 g/mol. The Morgan fingerprint density at radius 1 is 1.21 bits per heavy atom. The SMILES string of the molecule is COc1cc(F)ccc1NC(=O)N(C)CCOc1ccc(C)cc1. The van der Waals surface area contributed by atoms with Crippen molar-refractivity contribution < 1.29 is 18.7 Å². The molecule has 0 saturated carbocycles. The van der Waals surface area contributed by atoms with E-state index in [1.54, 1.807) is 7.05 Å². The number of nitrogens with zero attached hydrogens (tertiary/aromatic N) is 1. The maximum atomic E-state index is 13.2. The lowest BCUT2D eigenvalue weighted by Gasteiger charge is -2.19. The van der Waals surface area contributed by atoms with Gasteiger partial charge in [0.05, 0.1) is 19.3 Å². The third kappa shape index (κ3) is 4.87. The number of carbonyl (C=O) groups excluding carboxylic acids is 1. The van der Waals surface area contributed by atoms with E-state index in [2.05, 4.69) is 5.32 Å². The van der Waals surface area contributed by atoms with Gasteiger partial charge in [0, 0.05) is 13.1 Å². The smallest absolute Gasteiger partial charge is 0.321 e. The molecule has 2 rings (SSSR count). The Morgan fingerprint density at radius 2 is 1.92 bits per heavy atom. The first-order chi connectivity index (χ1) is 11.5. The zero-order chi connectivity index (χ0) is 17.5. The highest BCUT2D eigenvalue weighted by Gasteiger charge is 2.12. The highest BCUT2D eigenvalue weighted by atomic mass is 19.1. The maximum absolute atomic E-state index is 13.2. The summed E-state index contributed by atoms with van der Waals surface area (Å²) >= 11 is 0. The van der Waals surface area contributed by atoms with Crippen LogP contribution in [-0.4, -0.2) is 38.2 Å². The van der Waals surface area contributed by atoms with Crippen molar-refractivity contribution in [2.75, 3.05) is 32.6 Å². The third-order valence-corrected chi connectivity index (χ3v) is 3.47. The average Bonchev–Trinajstić information content (AvgIpc) is 2.58. The molecule has 2 aromatic rings. The lowest BCUT2D eigenvalue weighted by Crippen LogP contribution is -2.34. The van der Waals surface area contributed by atoms with Crippen LogP contribution < -0.4 is 14.8 Å². The summed E-state index contributed by atoms with van der Waals surface area (Å²) in [6.45, 7) is 2.78. The van der Waals surface area contributed by atoms with Crippen molar-refractivity contribution in [2.45, 2.75) is 6.92 Å². The third-order valence-electron chi connectivity index (χ3n) is 3.47. The number of hydrogen-bond donors (Lipinski definition) is 1. The van der Waals surface area contributed by atoms with Crippen LogP contribution in [0.15, 0.2) is 42.5 Å². The van der Waals surface area contributed by atoms with E-state index in [0.29, 0.717) is 18.8 Å². The molecule has 0 heterocycles. The van der Waals surface area contributed by atoms with Crippen LogP contribution in [0.25, 0.3) is 0 Å². The molecule has 0 fully saturated rings. The Hall–Kier alpha value is -2.76. The minimum atomic E-state index is -0.426. The standard InChI is InChI=1S/C18H21FN2O3/c1-13-4-7-15(8-5-13)24-11-10-21(2)18(22)20-16-9-6-14(19)12-17(16)23-3/h4-9,12H,10-11H2,1-3H3,(H,20,22). The molecule has 0 saturated heterocycles. The second kappa shape index (κ2) is 8.19. The van der Waals surface area contributed by atoms with Crippen molar-refractivity contribution in [2.24, 2.45) is 0 Å². The van der Waals surface area contributed by atoms with Crippen molar-refractivity contribution in [1.29, 1.82) is 0 Å². The minimum Gasteiger partial charge on any atom is -0.494 e. The second-order valence-electron chi connectivity index (χ2n) is 5.36. The summed E-state index contributed by atoms with van der Waals surface area (Å²) in [6, 6.07) is 11.3. The topological polar surface area (TPSA) is 50.8 Å². The molecule has 5 nitrogen and oxygen atoms in total. The van der Waals surface area contributed by atoms with E-state index in [1.807, 2.05) is 31.2 Å². The summed E-state index contributed by atoms with van der Waals surface area (Å²) in [5, 5.41) is 2.68. The highest BCUT2D eigenvalue weighted by molar-refractivity contribution is 5.90. The predicted octanol–water partition coefficient (Wildman–Crippen LogP) is 3.69. The maximum Gasteiger partial charge on any atom is 0.321 e. The van der Waals surface area contributed by atoms with E-state index >= 15 is 0 Å². The Bertz CT molecular complexity index is 689. The van der Waals surface area contributed by atoms with E-state index in [4.69, 9.17) is 9.47 Å². The Morgan fingerprint density at radius 3 is 2.58 bits per heavy atom. The lowest BCUT2D eigenvalue weighted by atomic mass is 10.2. The molecule has 2 aromatic carbocycles. The van der Waals surface area contributed by atoms with Crippen LogP contribution in [0.5, 0.6) is 11.5 Å². The van der Waals surface area contributed by atoms with Gasteiger partial charge >= 0.3 is 6.03 Å². The molecule has 1 N–H and O–H groups in total. The van der Waals surface area contributed by atoms with E-state index in [-0.39, 0.29) is 11.8 Å². The first-order valence-corrected chi connectivity index (χ1v) is 7.54. The van der Waals surface area contributed by atoms with Crippen molar-refractivity contribution >= 4 is 11.7 Å². The lowest BCUT2D eigenvalue weighted by molar-refractivity contribution is 0.207. The number of halogens is 1. The van der Waals surface area contributed by atoms with E-state index in [9.17, 15) is 9.18 Å². The zero-order valence-electron chi connectivity index (χ0n) is 14.0. The van der Waals surface area contributed by atoms with Crippen molar-refractivity contribution in [1.82, 2.24) is 4.90 Å². The molecule has 0 unspecified atom stereocenters. The van der Waals surface area contributed by atoms with Gasteiger partial charge in [-0.05, 0) is 31.2 Å². The summed E-state index contributed by atoms with van der Waals surface area (Å²) in [5.74, 6) is 0.604. The Balaban J connectivity index is 1.85. The normalized spacial score (nSPS) is 10.2. The van der Waals surface area contributed by atoms with E-state index < -0.39 is 5.82 Å². The number of methoxy groups -OCH3 is 1. The number of amides is 2. The number of urea groups is 1. The fourth-order valence-corrected chi connectivity index (χ4v) is 2.02. The van der Waals surface area contributed by atoms with Crippen LogP contribution in [0.1, 0.15) is 5.56 Å². The molecular weight excluding hydrogens is 311 g/mol. The fraction of sp³-hybridized carbons (Fsp3) is 0.278. The van der Waals surface area contributed by atoms with Crippen LogP contribution in [0, 0.1) is 12.7 Å². The van der Waals surface area contributed by atoms with Gasteiger partial charge in [0.25, 0.3) is 0 Å². The number of aryl methyl sites for hydroxylation is 1. The molecule has 0 bridgehead atoms. The number of carbonyl (C=O) groups is 1. The van der Waals surface area contributed by atoms with Gasteiger partial charge in [0.1, 0.15) is 23.9 Å².